The number of aliphatic carboxylic acids is 6. The number of hydrogen-bond acceptors (Lipinski definition) is 20. The van der Waals surface area contributed by atoms with Gasteiger partial charge in [-0.3, -0.25) is 81.4 Å². The molecule has 0 aliphatic carbocycles. The minimum atomic E-state index is -4.08. The van der Waals surface area contributed by atoms with Crippen molar-refractivity contribution in [1.29, 1.82) is 0 Å². The summed E-state index contributed by atoms with van der Waals surface area (Å²) < 4.78 is 58.0. The lowest BCUT2D eigenvalue weighted by Crippen LogP contribution is -2.57. The highest BCUT2D eigenvalue weighted by Crippen LogP contribution is 2.51. The second-order valence-electron chi connectivity index (χ2n) is 29.9. The van der Waals surface area contributed by atoms with Gasteiger partial charge in [-0.1, -0.05) is 95.6 Å². The van der Waals surface area contributed by atoms with Gasteiger partial charge in [-0.05, 0) is 78.8 Å². The number of ketones is 4. The molecule has 10 N–H and O–H groups in total. The minimum Gasteiger partial charge on any atom is -0.481 e. The third kappa shape index (κ3) is 36.0. The zero-order chi connectivity index (χ0) is 79.6. The maximum atomic E-state index is 17.2. The second kappa shape index (κ2) is 46.0. The molecule has 2 aromatic rings. The Morgan fingerprint density at radius 2 is 1.01 bits per heavy atom. The van der Waals surface area contributed by atoms with Gasteiger partial charge in [0, 0.05) is 134 Å². The molecular formula is C70H113FN8O23P3Si+. The Bertz CT molecular complexity index is 3390. The number of rotatable bonds is 54. The number of nitrogens with zero attached hydrogens (tertiary/aromatic N) is 6. The molecule has 2 heterocycles. The van der Waals surface area contributed by atoms with Crippen molar-refractivity contribution in [1.82, 2.24) is 40.3 Å². The molecule has 36 heteroatoms. The fourth-order valence-electron chi connectivity index (χ4n) is 13.0. The molecule has 596 valence electrons. The van der Waals surface area contributed by atoms with Gasteiger partial charge in [0.2, 0.25) is 20.6 Å². The second-order valence-corrected chi connectivity index (χ2v) is 41.3. The van der Waals surface area contributed by atoms with Gasteiger partial charge in [0.05, 0.1) is 48.9 Å². The fraction of sp³-hybridized carbons (Fsp3) is 0.714. The van der Waals surface area contributed by atoms with Crippen molar-refractivity contribution in [2.45, 2.75) is 212 Å². The molecule has 1 aromatic heterocycles. The number of unbranched alkanes of at least 4 members (excludes halogenated alkanes) is 6. The highest BCUT2D eigenvalue weighted by molar-refractivity contribution is 7.58. The number of amides is 2. The van der Waals surface area contributed by atoms with Gasteiger partial charge in [0.25, 0.3) is 14.3 Å². The Balaban J connectivity index is 1.59. The lowest BCUT2D eigenvalue weighted by atomic mass is 9.90. The van der Waals surface area contributed by atoms with Crippen LogP contribution in [0.2, 0.25) is 10.1 Å². The van der Waals surface area contributed by atoms with E-state index in [-0.39, 0.29) is 165 Å². The van der Waals surface area contributed by atoms with E-state index in [1.807, 2.05) is 41.5 Å². The zero-order valence-corrected chi connectivity index (χ0v) is 65.9. The molecule has 5 unspecified atom stereocenters. The summed E-state index contributed by atoms with van der Waals surface area (Å²) >= 11 is 0. The Labute approximate surface area is 621 Å². The molecule has 1 fully saturated rings. The summed E-state index contributed by atoms with van der Waals surface area (Å²) in [6, 6.07) is 4.92. The SMILES string of the molecule is CC(C)(C)[Si]([18F])(c1ccc(C(=O)NCC(C(=O)CC(CCCCCC(=O)CCCCCCC(=O)NCCCC[C@H](CC(=O)C[C@@H](CCC(=O)O)C(=O)O)C(=O)O)C(=O)O)n2cc(CCC(=O)CCP(=O)(O)CN3CCN(C[P+](=O)CCC(=O)O)CCN(CP(=O)(O)CCC(=O)O)CC3)nn2)cc1)C(C)(C)C. The largest absolute Gasteiger partial charge is 0.481 e. The van der Waals surface area contributed by atoms with Crippen LogP contribution in [0, 0.1) is 17.8 Å². The summed E-state index contributed by atoms with van der Waals surface area (Å²) in [4.78, 5) is 175. The number of Topliss-reactive ketones (excluding diaryl/α,β-unsaturated/α-hetero) is 4. The first-order valence-corrected chi connectivity index (χ1v) is 44.0. The Morgan fingerprint density at radius 1 is 0.547 bits per heavy atom. The average Bonchev–Trinajstić information content (AvgIpc) is 0.892. The molecule has 1 saturated heterocycles. The highest BCUT2D eigenvalue weighted by Gasteiger charge is 2.56. The first kappa shape index (κ1) is 93.5. The average molecular weight is 1570 g/mol. The number of halogens is 1. The number of hydrogen-bond donors (Lipinski definition) is 10. The number of nitrogens with one attached hydrogen (secondary N) is 2. The predicted molar refractivity (Wildman–Crippen MR) is 394 cm³/mol. The van der Waals surface area contributed by atoms with E-state index in [2.05, 4.69) is 20.9 Å². The van der Waals surface area contributed by atoms with Crippen LogP contribution in [-0.4, -0.2) is 239 Å². The van der Waals surface area contributed by atoms with Crippen LogP contribution in [0.5, 0.6) is 0 Å². The molecule has 7 atom stereocenters. The predicted octanol–water partition coefficient (Wildman–Crippen LogP) is 8.40. The zero-order valence-electron chi connectivity index (χ0n) is 62.2. The minimum absolute atomic E-state index is 0.00160. The molecule has 0 radical (unpaired) electrons. The molecule has 1 aliphatic rings. The van der Waals surface area contributed by atoms with Crippen molar-refractivity contribution in [3.8, 4) is 0 Å². The highest BCUT2D eigenvalue weighted by atomic mass is 31.2. The molecular weight excluding hydrogens is 1460 g/mol. The molecule has 0 bridgehead atoms. The maximum Gasteiger partial charge on any atom is 0.354 e. The molecule has 1 aromatic carbocycles. The van der Waals surface area contributed by atoms with Gasteiger partial charge in [0.1, 0.15) is 23.4 Å². The Hall–Kier alpha value is -6.69. The van der Waals surface area contributed by atoms with Crippen LogP contribution in [-0.2, 0) is 72.9 Å². The van der Waals surface area contributed by atoms with Gasteiger partial charge < -0.3 is 55.2 Å². The van der Waals surface area contributed by atoms with E-state index in [1.54, 1.807) is 26.8 Å². The normalized spacial score (nSPS) is 16.1. The lowest BCUT2D eigenvalue weighted by molar-refractivity contribution is -0.146. The van der Waals surface area contributed by atoms with Crippen LogP contribution in [0.25, 0.3) is 0 Å². The Kier molecular flexibility index (Phi) is 40.5. The summed E-state index contributed by atoms with van der Waals surface area (Å²) in [6.45, 7) is 12.2. The van der Waals surface area contributed by atoms with Crippen LogP contribution < -0.4 is 15.8 Å². The number of aromatic nitrogens is 3. The summed E-state index contributed by atoms with van der Waals surface area (Å²) in [5, 5.41) is 69.3. The Morgan fingerprint density at radius 3 is 1.52 bits per heavy atom. The summed E-state index contributed by atoms with van der Waals surface area (Å²) in [5.41, 5.74) is 0.395. The number of carboxylic acid groups (broad SMARTS) is 6. The van der Waals surface area contributed by atoms with Crippen molar-refractivity contribution in [2.75, 3.05) is 89.7 Å². The monoisotopic (exact) mass is 1570 g/mol. The van der Waals surface area contributed by atoms with E-state index in [0.29, 0.717) is 69.4 Å². The van der Waals surface area contributed by atoms with Crippen molar-refractivity contribution < 1.29 is 116 Å². The van der Waals surface area contributed by atoms with E-state index in [9.17, 15) is 96.3 Å². The van der Waals surface area contributed by atoms with Crippen LogP contribution in [0.15, 0.2) is 30.5 Å². The van der Waals surface area contributed by atoms with E-state index in [4.69, 9.17) is 15.3 Å². The van der Waals surface area contributed by atoms with Crippen molar-refractivity contribution in [2.24, 2.45) is 17.8 Å². The van der Waals surface area contributed by atoms with E-state index >= 15 is 4.11 Å². The van der Waals surface area contributed by atoms with Gasteiger partial charge in [0.15, 0.2) is 18.2 Å². The van der Waals surface area contributed by atoms with Gasteiger partial charge in [-0.25, -0.2) is 4.68 Å². The summed E-state index contributed by atoms with van der Waals surface area (Å²) in [6.07, 6.45) is 1.98. The first-order chi connectivity index (χ1) is 49.5. The molecule has 106 heavy (non-hydrogen) atoms. The topological polar surface area (TPSA) is 482 Å². The van der Waals surface area contributed by atoms with Crippen molar-refractivity contribution in [3.63, 3.8) is 0 Å². The van der Waals surface area contributed by atoms with Crippen LogP contribution in [0.3, 0.4) is 0 Å². The number of aryl methyl sites for hydroxylation is 1. The molecule has 3 rings (SSSR count). The van der Waals surface area contributed by atoms with E-state index in [0.717, 1.165) is 0 Å². The molecule has 0 spiro atoms. The first-order valence-electron chi connectivity index (χ1n) is 36.4. The molecule has 1 aliphatic heterocycles. The van der Waals surface area contributed by atoms with Crippen LogP contribution in [0.1, 0.15) is 211 Å². The van der Waals surface area contributed by atoms with E-state index < -0.39 is 162 Å². The van der Waals surface area contributed by atoms with E-state index in [1.165, 1.54) is 23.0 Å². The number of carbonyl (C=O) groups is 12. The number of carboxylic acids is 6. The van der Waals surface area contributed by atoms with Crippen molar-refractivity contribution in [3.05, 3.63) is 41.7 Å². The third-order valence-electron chi connectivity index (χ3n) is 18.9. The van der Waals surface area contributed by atoms with Crippen molar-refractivity contribution >= 4 is 107 Å². The maximum absolute atomic E-state index is 17.2. The van der Waals surface area contributed by atoms with Crippen LogP contribution >= 0.6 is 22.5 Å². The molecule has 2 amide bonds. The third-order valence-corrected chi connectivity index (χ3v) is 29.2. The van der Waals surface area contributed by atoms with Crippen LogP contribution in [0.4, 0.5) is 4.11 Å². The number of carbonyl (C=O) groups excluding carboxylic acids is 6. The molecule has 0 saturated carbocycles. The lowest BCUT2D eigenvalue weighted by Gasteiger charge is -2.44. The quantitative estimate of drug-likeness (QED) is 0.0128. The summed E-state index contributed by atoms with van der Waals surface area (Å²) in [7, 11) is -13.7. The van der Waals surface area contributed by atoms with Gasteiger partial charge >= 0.3 is 43.6 Å². The number of benzene rings is 1. The fourth-order valence-corrected chi connectivity index (χ4v) is 22.1. The standard InChI is InChI=1S/C70H112FN8O23P3Si/c1-69(2,3)106(71,70(4,5)6)58-26-21-50(22-27-58)65(91)73-45-59(79-46-54(74-75-79)24-25-56(81)30-40-104(99,100)48-77-35-33-76(47-103(98)39-29-63(87)88)34-36-78(38-37-77)49-105(101,102)41-31-64(89)90)60(83)44-52(67(94)95)16-10-9-12-19-55(80)18-11-7-8-13-20-61(84)72-32-15-14-17-51(66(92)93)42-57(82)43-53(68(96)97)23-28-62(85)86/h21-22,26-27,46,51-53,59H,7-20,23-25,28-45,47-49H2,1-6H3,(H9-,72,73,84,85,86,87,88,89,90,91,92,93,94,95,96,97,99,100,101,102)/p+1/t51-,52?,53-,59?/m1/s1/i71-1. The summed E-state index contributed by atoms with van der Waals surface area (Å²) in [5.74, 6) is -13.2. The molecule has 31 nitrogen and oxygen atoms in total. The smallest absolute Gasteiger partial charge is 0.354 e. The van der Waals surface area contributed by atoms with Gasteiger partial charge in [-0.2, -0.15) is 0 Å². The van der Waals surface area contributed by atoms with Gasteiger partial charge in [-0.15, -0.1) is 5.10 Å².